The van der Waals surface area contributed by atoms with Crippen LogP contribution in [0.3, 0.4) is 0 Å². The van der Waals surface area contributed by atoms with Gasteiger partial charge in [-0.25, -0.2) is 0 Å². The molecule has 0 bridgehead atoms. The Balaban J connectivity index is 1.67. The van der Waals surface area contributed by atoms with Crippen LogP contribution >= 0.6 is 0 Å². The topological polar surface area (TPSA) is 95.6 Å². The van der Waals surface area contributed by atoms with Crippen molar-refractivity contribution in [1.29, 1.82) is 0 Å². The van der Waals surface area contributed by atoms with Gasteiger partial charge in [0.05, 0.1) is 11.1 Å². The van der Waals surface area contributed by atoms with Gasteiger partial charge in [-0.1, -0.05) is 32.9 Å². The third kappa shape index (κ3) is 4.68. The van der Waals surface area contributed by atoms with E-state index in [4.69, 9.17) is 0 Å². The quantitative estimate of drug-likeness (QED) is 0.567. The molecule has 0 fully saturated rings. The van der Waals surface area contributed by atoms with E-state index in [2.05, 4.69) is 10.6 Å². The minimum Gasteiger partial charge on any atom is -0.354 e. The van der Waals surface area contributed by atoms with E-state index < -0.39 is 5.41 Å². The SMILES string of the molecule is CC(C)(C)C(=O)NCCNC(=O)CCCN1C(=O)c2ccccc2C1=O. The first-order valence-electron chi connectivity index (χ1n) is 8.72. The van der Waals surface area contributed by atoms with Crippen molar-refractivity contribution in [1.82, 2.24) is 15.5 Å². The highest BCUT2D eigenvalue weighted by Gasteiger charge is 2.34. The van der Waals surface area contributed by atoms with Gasteiger partial charge in [-0.05, 0) is 18.6 Å². The Kier molecular flexibility index (Phi) is 6.13. The number of benzene rings is 1. The molecule has 1 aliphatic rings. The Hall–Kier alpha value is -2.70. The molecule has 7 heteroatoms. The third-order valence-electron chi connectivity index (χ3n) is 4.08. The van der Waals surface area contributed by atoms with Crippen LogP contribution < -0.4 is 10.6 Å². The Morgan fingerprint density at radius 3 is 2.04 bits per heavy atom. The van der Waals surface area contributed by atoms with Crippen molar-refractivity contribution in [3.05, 3.63) is 35.4 Å². The van der Waals surface area contributed by atoms with Crippen LogP contribution in [0, 0.1) is 5.41 Å². The lowest BCUT2D eigenvalue weighted by Crippen LogP contribution is -2.40. The number of nitrogens with zero attached hydrogens (tertiary/aromatic N) is 1. The van der Waals surface area contributed by atoms with Gasteiger partial charge in [0.1, 0.15) is 0 Å². The average molecular weight is 359 g/mol. The lowest BCUT2D eigenvalue weighted by molar-refractivity contribution is -0.128. The second-order valence-corrected chi connectivity index (χ2v) is 7.27. The second kappa shape index (κ2) is 8.12. The minimum absolute atomic E-state index is 0.0719. The fourth-order valence-corrected chi connectivity index (χ4v) is 2.57. The molecule has 4 amide bonds. The zero-order valence-electron chi connectivity index (χ0n) is 15.4. The first kappa shape index (κ1) is 19.6. The predicted molar refractivity (Wildman–Crippen MR) is 96.5 cm³/mol. The highest BCUT2D eigenvalue weighted by Crippen LogP contribution is 2.22. The summed E-state index contributed by atoms with van der Waals surface area (Å²) in [4.78, 5) is 49.1. The molecule has 0 radical (unpaired) electrons. The Labute approximate surface area is 153 Å². The molecule has 0 aliphatic carbocycles. The molecule has 1 aliphatic heterocycles. The number of hydrogen-bond donors (Lipinski definition) is 2. The molecule has 0 spiro atoms. The summed E-state index contributed by atoms with van der Waals surface area (Å²) in [5, 5.41) is 5.46. The lowest BCUT2D eigenvalue weighted by Gasteiger charge is -2.17. The molecular formula is C19H25N3O4. The van der Waals surface area contributed by atoms with Crippen LogP contribution in [-0.4, -0.2) is 48.2 Å². The summed E-state index contributed by atoms with van der Waals surface area (Å²) >= 11 is 0. The molecule has 1 aromatic rings. The van der Waals surface area contributed by atoms with E-state index in [0.29, 0.717) is 30.6 Å². The van der Waals surface area contributed by atoms with Crippen LogP contribution in [0.25, 0.3) is 0 Å². The van der Waals surface area contributed by atoms with Crippen LogP contribution in [0.4, 0.5) is 0 Å². The highest BCUT2D eigenvalue weighted by molar-refractivity contribution is 6.21. The van der Waals surface area contributed by atoms with Gasteiger partial charge >= 0.3 is 0 Å². The van der Waals surface area contributed by atoms with Gasteiger partial charge in [-0.2, -0.15) is 0 Å². The molecule has 7 nitrogen and oxygen atoms in total. The minimum atomic E-state index is -0.462. The first-order chi connectivity index (χ1) is 12.2. The van der Waals surface area contributed by atoms with Crippen molar-refractivity contribution in [2.24, 2.45) is 5.41 Å². The normalized spacial score (nSPS) is 13.6. The van der Waals surface area contributed by atoms with Gasteiger partial charge in [0.2, 0.25) is 11.8 Å². The number of hydrogen-bond acceptors (Lipinski definition) is 4. The van der Waals surface area contributed by atoms with Crippen molar-refractivity contribution in [2.75, 3.05) is 19.6 Å². The summed E-state index contributed by atoms with van der Waals surface area (Å²) in [6.45, 7) is 6.37. The van der Waals surface area contributed by atoms with Crippen LogP contribution in [0.5, 0.6) is 0 Å². The van der Waals surface area contributed by atoms with E-state index in [9.17, 15) is 19.2 Å². The fourth-order valence-electron chi connectivity index (χ4n) is 2.57. The number of fused-ring (bicyclic) bond motifs is 1. The molecular weight excluding hydrogens is 334 g/mol. The smallest absolute Gasteiger partial charge is 0.261 e. The maximum Gasteiger partial charge on any atom is 0.261 e. The van der Waals surface area contributed by atoms with Gasteiger partial charge in [-0.3, -0.25) is 24.1 Å². The zero-order valence-corrected chi connectivity index (χ0v) is 15.4. The summed E-state index contributed by atoms with van der Waals surface area (Å²) in [5.41, 5.74) is 0.365. The van der Waals surface area contributed by atoms with Crippen molar-refractivity contribution in [3.8, 4) is 0 Å². The van der Waals surface area contributed by atoms with Crippen molar-refractivity contribution in [3.63, 3.8) is 0 Å². The molecule has 2 rings (SSSR count). The Bertz CT molecular complexity index is 687. The average Bonchev–Trinajstić information content (AvgIpc) is 2.83. The molecule has 26 heavy (non-hydrogen) atoms. The van der Waals surface area contributed by atoms with Crippen LogP contribution in [0.15, 0.2) is 24.3 Å². The molecule has 140 valence electrons. The fraction of sp³-hybridized carbons (Fsp3) is 0.474. The molecule has 1 heterocycles. The maximum absolute atomic E-state index is 12.2. The standard InChI is InChI=1S/C19H25N3O4/c1-19(2,3)18(26)21-11-10-20-15(23)9-6-12-22-16(24)13-7-4-5-8-14(13)17(22)25/h4-5,7-8H,6,9-12H2,1-3H3,(H,20,23)(H,21,26). The van der Waals surface area contributed by atoms with E-state index in [-0.39, 0.29) is 36.6 Å². The number of amides is 4. The summed E-state index contributed by atoms with van der Waals surface area (Å²) < 4.78 is 0. The summed E-state index contributed by atoms with van der Waals surface area (Å²) in [6, 6.07) is 6.71. The maximum atomic E-state index is 12.2. The number of carbonyl (C=O) groups is 4. The van der Waals surface area contributed by atoms with Gasteiger partial charge in [0, 0.05) is 31.5 Å². The Morgan fingerprint density at radius 2 is 1.50 bits per heavy atom. The van der Waals surface area contributed by atoms with Gasteiger partial charge in [0.15, 0.2) is 0 Å². The lowest BCUT2D eigenvalue weighted by atomic mass is 9.96. The summed E-state index contributed by atoms with van der Waals surface area (Å²) in [5.74, 6) is -0.865. The molecule has 2 N–H and O–H groups in total. The predicted octanol–water partition coefficient (Wildman–Crippen LogP) is 1.34. The van der Waals surface area contributed by atoms with E-state index in [1.165, 1.54) is 4.90 Å². The highest BCUT2D eigenvalue weighted by atomic mass is 16.2. The monoisotopic (exact) mass is 359 g/mol. The van der Waals surface area contributed by atoms with Crippen LogP contribution in [0.1, 0.15) is 54.3 Å². The molecule has 0 saturated carbocycles. The molecule has 0 unspecified atom stereocenters. The number of imide groups is 1. The van der Waals surface area contributed by atoms with Crippen LogP contribution in [0.2, 0.25) is 0 Å². The van der Waals surface area contributed by atoms with E-state index in [1.54, 1.807) is 24.3 Å². The van der Waals surface area contributed by atoms with Crippen LogP contribution in [-0.2, 0) is 9.59 Å². The van der Waals surface area contributed by atoms with Crippen molar-refractivity contribution >= 4 is 23.6 Å². The van der Waals surface area contributed by atoms with Crippen molar-refractivity contribution in [2.45, 2.75) is 33.6 Å². The van der Waals surface area contributed by atoms with E-state index >= 15 is 0 Å². The second-order valence-electron chi connectivity index (χ2n) is 7.27. The van der Waals surface area contributed by atoms with Gasteiger partial charge in [-0.15, -0.1) is 0 Å². The number of rotatable bonds is 7. The van der Waals surface area contributed by atoms with Gasteiger partial charge in [0.25, 0.3) is 11.8 Å². The first-order valence-corrected chi connectivity index (χ1v) is 8.72. The number of nitrogens with one attached hydrogen (secondary N) is 2. The molecule has 0 atom stereocenters. The van der Waals surface area contributed by atoms with E-state index in [1.807, 2.05) is 20.8 Å². The third-order valence-corrected chi connectivity index (χ3v) is 4.08. The molecule has 1 aromatic carbocycles. The Morgan fingerprint density at radius 1 is 0.962 bits per heavy atom. The van der Waals surface area contributed by atoms with E-state index in [0.717, 1.165) is 0 Å². The largest absolute Gasteiger partial charge is 0.354 e. The van der Waals surface area contributed by atoms with Gasteiger partial charge < -0.3 is 10.6 Å². The van der Waals surface area contributed by atoms with Crippen molar-refractivity contribution < 1.29 is 19.2 Å². The summed E-state index contributed by atoms with van der Waals surface area (Å²) in [7, 11) is 0. The zero-order chi connectivity index (χ0) is 19.3. The summed E-state index contributed by atoms with van der Waals surface area (Å²) in [6.07, 6.45) is 0.603. The molecule has 0 aromatic heterocycles. The molecule has 0 saturated heterocycles. The number of carbonyl (C=O) groups excluding carboxylic acids is 4.